The Bertz CT molecular complexity index is 1130. The first-order valence-corrected chi connectivity index (χ1v) is 28.0. The van der Waals surface area contributed by atoms with E-state index in [-0.39, 0.29) is 32.2 Å². The predicted molar refractivity (Wildman–Crippen MR) is 277 cm³/mol. The normalized spacial score (nSPS) is 12.9. The average Bonchev–Trinajstić information content (AvgIpc) is 3.28. The van der Waals surface area contributed by atoms with E-state index in [4.69, 9.17) is 18.9 Å². The van der Waals surface area contributed by atoms with Crippen LogP contribution in [0.2, 0.25) is 0 Å². The summed E-state index contributed by atoms with van der Waals surface area (Å²) in [4.78, 5) is 37.4. The number of allylic oxidation sites excluding steroid dienone is 4. The molecule has 0 aromatic carbocycles. The molecule has 2 atom stereocenters. The molecular formula is C57H108NO8+. The minimum absolute atomic E-state index is 0.177. The highest BCUT2D eigenvalue weighted by Gasteiger charge is 2.25. The first-order valence-electron chi connectivity index (χ1n) is 28.0. The third kappa shape index (κ3) is 49.7. The van der Waals surface area contributed by atoms with Gasteiger partial charge in [-0.1, -0.05) is 231 Å². The lowest BCUT2D eigenvalue weighted by Crippen LogP contribution is -2.40. The molecule has 0 bridgehead atoms. The van der Waals surface area contributed by atoms with Gasteiger partial charge in [0.2, 0.25) is 0 Å². The van der Waals surface area contributed by atoms with Gasteiger partial charge in [0.1, 0.15) is 13.2 Å². The average molecular weight is 935 g/mol. The number of unbranched alkanes of at least 4 members (excludes halogenated alkanes) is 33. The minimum atomic E-state index is -1.51. The van der Waals surface area contributed by atoms with E-state index >= 15 is 0 Å². The zero-order valence-electron chi connectivity index (χ0n) is 44.1. The molecule has 0 radical (unpaired) electrons. The molecule has 0 amide bonds. The van der Waals surface area contributed by atoms with Crippen molar-refractivity contribution in [2.24, 2.45) is 0 Å². The highest BCUT2D eigenvalue weighted by atomic mass is 16.7. The SMILES string of the molecule is CCCCCCC/C=C\C/C=C\CCCCCCCCCCCCCC(=O)OC(COC(=O)CCCCCCCCCCCCCCCCCCCC)COC(OCC[N+](C)(C)C)C(=O)O. The Labute approximate surface area is 407 Å². The largest absolute Gasteiger partial charge is 0.477 e. The summed E-state index contributed by atoms with van der Waals surface area (Å²) < 4.78 is 22.9. The summed E-state index contributed by atoms with van der Waals surface area (Å²) in [5.74, 6) is -1.99. The fraction of sp³-hybridized carbons (Fsp3) is 0.877. The Morgan fingerprint density at radius 1 is 0.455 bits per heavy atom. The van der Waals surface area contributed by atoms with E-state index in [2.05, 4.69) is 38.2 Å². The zero-order chi connectivity index (χ0) is 48.4. The van der Waals surface area contributed by atoms with Crippen LogP contribution in [-0.2, 0) is 33.3 Å². The summed E-state index contributed by atoms with van der Waals surface area (Å²) in [5, 5.41) is 9.69. The van der Waals surface area contributed by atoms with Gasteiger partial charge in [0.05, 0.1) is 34.4 Å². The molecule has 0 saturated heterocycles. The van der Waals surface area contributed by atoms with Crippen LogP contribution in [0.1, 0.15) is 264 Å². The number of ether oxygens (including phenoxy) is 4. The monoisotopic (exact) mass is 935 g/mol. The number of hydrogen-bond acceptors (Lipinski definition) is 7. The predicted octanol–water partition coefficient (Wildman–Crippen LogP) is 16.0. The van der Waals surface area contributed by atoms with Gasteiger partial charge in [-0.3, -0.25) is 9.59 Å². The standard InChI is InChI=1S/C57H107NO8/c1-6-8-10-12-14-16-18-20-22-24-26-27-28-29-30-32-34-36-38-40-42-44-46-48-55(60)66-53(52-65-57(56(61)62)63-50-49-58(3,4)5)51-64-54(59)47-45-43-41-39-37-35-33-31-25-23-21-19-17-15-13-11-9-7-2/h18,20,24,26,53,57H,6-17,19,21-23,25,27-52H2,1-5H3/p+1/b20-18-,26-24-. The number of carboxylic acids is 1. The summed E-state index contributed by atoms with van der Waals surface area (Å²) in [6, 6.07) is 0. The maximum atomic E-state index is 12.9. The number of carbonyl (C=O) groups excluding carboxylic acids is 2. The first kappa shape index (κ1) is 63.8. The first-order chi connectivity index (χ1) is 32.1. The maximum Gasteiger partial charge on any atom is 0.361 e. The summed E-state index contributed by atoms with van der Waals surface area (Å²) in [6.45, 7) is 4.91. The second kappa shape index (κ2) is 49.2. The van der Waals surface area contributed by atoms with Gasteiger partial charge in [0, 0.05) is 12.8 Å². The lowest BCUT2D eigenvalue weighted by atomic mass is 10.0. The number of aliphatic carboxylic acids is 1. The van der Waals surface area contributed by atoms with Gasteiger partial charge in [0.25, 0.3) is 6.29 Å². The van der Waals surface area contributed by atoms with Crippen molar-refractivity contribution in [2.45, 2.75) is 277 Å². The molecule has 0 aromatic heterocycles. The quantitative estimate of drug-likeness (QED) is 0.0211. The molecule has 0 saturated carbocycles. The molecule has 9 heteroatoms. The highest BCUT2D eigenvalue weighted by molar-refractivity contribution is 5.71. The number of rotatable bonds is 52. The number of esters is 2. The molecule has 9 nitrogen and oxygen atoms in total. The fourth-order valence-electron chi connectivity index (χ4n) is 8.10. The van der Waals surface area contributed by atoms with Gasteiger partial charge in [-0.05, 0) is 44.9 Å². The lowest BCUT2D eigenvalue weighted by Gasteiger charge is -2.25. The van der Waals surface area contributed by atoms with Gasteiger partial charge >= 0.3 is 17.9 Å². The Morgan fingerprint density at radius 2 is 0.818 bits per heavy atom. The third-order valence-corrected chi connectivity index (χ3v) is 12.5. The van der Waals surface area contributed by atoms with Crippen LogP contribution in [0.3, 0.4) is 0 Å². The minimum Gasteiger partial charge on any atom is -0.477 e. The molecule has 0 aliphatic heterocycles. The van der Waals surface area contributed by atoms with E-state index < -0.39 is 24.3 Å². The molecule has 1 N–H and O–H groups in total. The molecular weight excluding hydrogens is 827 g/mol. The molecule has 0 aliphatic rings. The Hall–Kier alpha value is -2.23. The maximum absolute atomic E-state index is 12.9. The molecule has 0 heterocycles. The number of carbonyl (C=O) groups is 3. The van der Waals surface area contributed by atoms with Crippen molar-refractivity contribution < 1.29 is 42.9 Å². The van der Waals surface area contributed by atoms with E-state index in [1.54, 1.807) is 0 Å². The molecule has 388 valence electrons. The Kier molecular flexibility index (Phi) is 47.5. The Balaban J connectivity index is 4.25. The molecule has 0 aromatic rings. The van der Waals surface area contributed by atoms with E-state index in [1.165, 1.54) is 193 Å². The van der Waals surface area contributed by atoms with Gasteiger partial charge in [-0.25, -0.2) is 4.79 Å². The molecule has 66 heavy (non-hydrogen) atoms. The van der Waals surface area contributed by atoms with Crippen LogP contribution >= 0.6 is 0 Å². The van der Waals surface area contributed by atoms with Crippen molar-refractivity contribution in [3.05, 3.63) is 24.3 Å². The topological polar surface area (TPSA) is 108 Å². The van der Waals surface area contributed by atoms with Crippen LogP contribution in [0.25, 0.3) is 0 Å². The summed E-state index contributed by atoms with van der Waals surface area (Å²) in [7, 11) is 5.97. The van der Waals surface area contributed by atoms with Gasteiger partial charge < -0.3 is 28.5 Å². The van der Waals surface area contributed by atoms with Crippen molar-refractivity contribution in [1.82, 2.24) is 0 Å². The Morgan fingerprint density at radius 3 is 1.20 bits per heavy atom. The molecule has 0 aliphatic carbocycles. The van der Waals surface area contributed by atoms with Crippen molar-refractivity contribution in [3.8, 4) is 0 Å². The second-order valence-electron chi connectivity index (χ2n) is 20.3. The molecule has 2 unspecified atom stereocenters. The van der Waals surface area contributed by atoms with Crippen LogP contribution in [0.4, 0.5) is 0 Å². The lowest BCUT2D eigenvalue weighted by molar-refractivity contribution is -0.870. The molecule has 0 spiro atoms. The highest BCUT2D eigenvalue weighted by Crippen LogP contribution is 2.17. The van der Waals surface area contributed by atoms with E-state index in [0.717, 1.165) is 44.9 Å². The molecule has 0 rings (SSSR count). The van der Waals surface area contributed by atoms with Crippen LogP contribution in [0.5, 0.6) is 0 Å². The van der Waals surface area contributed by atoms with Gasteiger partial charge in [0.15, 0.2) is 6.10 Å². The number of nitrogens with zero attached hydrogens (tertiary/aromatic N) is 1. The van der Waals surface area contributed by atoms with Crippen LogP contribution < -0.4 is 0 Å². The van der Waals surface area contributed by atoms with Gasteiger partial charge in [-0.2, -0.15) is 0 Å². The number of quaternary nitrogens is 1. The van der Waals surface area contributed by atoms with Crippen LogP contribution in [-0.4, -0.2) is 87.4 Å². The molecule has 0 fully saturated rings. The van der Waals surface area contributed by atoms with Crippen molar-refractivity contribution >= 4 is 17.9 Å². The fourth-order valence-corrected chi connectivity index (χ4v) is 8.10. The second-order valence-corrected chi connectivity index (χ2v) is 20.3. The zero-order valence-corrected chi connectivity index (χ0v) is 44.1. The third-order valence-electron chi connectivity index (χ3n) is 12.5. The van der Waals surface area contributed by atoms with Crippen LogP contribution in [0.15, 0.2) is 24.3 Å². The van der Waals surface area contributed by atoms with Crippen molar-refractivity contribution in [3.63, 3.8) is 0 Å². The number of likely N-dealkylation sites (N-methyl/N-ethyl adjacent to an activating group) is 1. The number of carboxylic acid groups (broad SMARTS) is 1. The van der Waals surface area contributed by atoms with E-state index in [9.17, 15) is 19.5 Å². The van der Waals surface area contributed by atoms with Crippen LogP contribution in [0, 0.1) is 0 Å². The smallest absolute Gasteiger partial charge is 0.361 e. The van der Waals surface area contributed by atoms with Crippen molar-refractivity contribution in [1.29, 1.82) is 0 Å². The van der Waals surface area contributed by atoms with E-state index in [0.29, 0.717) is 17.4 Å². The van der Waals surface area contributed by atoms with E-state index in [1.807, 2.05) is 21.1 Å². The van der Waals surface area contributed by atoms with Gasteiger partial charge in [-0.15, -0.1) is 0 Å². The summed E-state index contributed by atoms with van der Waals surface area (Å²) >= 11 is 0. The number of hydrogen-bond donors (Lipinski definition) is 1. The summed E-state index contributed by atoms with van der Waals surface area (Å²) in [6.07, 6.45) is 53.8. The van der Waals surface area contributed by atoms with Crippen molar-refractivity contribution in [2.75, 3.05) is 47.5 Å². The summed E-state index contributed by atoms with van der Waals surface area (Å²) in [5.41, 5.74) is 0.